The minimum absolute atomic E-state index is 0.124. The van der Waals surface area contributed by atoms with Crippen molar-refractivity contribution in [1.82, 2.24) is 5.32 Å². The maximum atomic E-state index is 12.9. The molecule has 1 rings (SSSR count). The van der Waals surface area contributed by atoms with Crippen LogP contribution >= 0.6 is 0 Å². The Kier molecular flexibility index (Phi) is 3.14. The van der Waals surface area contributed by atoms with Gasteiger partial charge >= 0.3 is 6.18 Å². The van der Waals surface area contributed by atoms with Gasteiger partial charge in [-0.15, -0.1) is 0 Å². The van der Waals surface area contributed by atoms with E-state index in [9.17, 15) is 17.6 Å². The minimum atomic E-state index is -4.49. The number of nitrogens with one attached hydrogen (secondary N) is 1. The molecule has 2 nitrogen and oxygen atoms in total. The summed E-state index contributed by atoms with van der Waals surface area (Å²) in [6.07, 6.45) is -4.49. The summed E-state index contributed by atoms with van der Waals surface area (Å²) >= 11 is 0. The molecule has 3 N–H and O–H groups in total. The van der Waals surface area contributed by atoms with Crippen LogP contribution in [0.4, 0.5) is 23.2 Å². The van der Waals surface area contributed by atoms with E-state index in [1.165, 1.54) is 7.05 Å². The molecule has 0 aliphatic carbocycles. The summed E-state index contributed by atoms with van der Waals surface area (Å²) in [6, 6.07) is 2.97. The zero-order valence-electron chi connectivity index (χ0n) is 8.82. The highest BCUT2D eigenvalue weighted by Crippen LogP contribution is 2.38. The number of hydrogen-bond acceptors (Lipinski definition) is 2. The van der Waals surface area contributed by atoms with E-state index in [0.29, 0.717) is 0 Å². The number of alkyl halides is 3. The van der Waals surface area contributed by atoms with Crippen LogP contribution in [0.5, 0.6) is 0 Å². The van der Waals surface area contributed by atoms with Gasteiger partial charge < -0.3 is 11.1 Å². The lowest BCUT2D eigenvalue weighted by atomic mass is 9.91. The van der Waals surface area contributed by atoms with Gasteiger partial charge in [-0.1, -0.05) is 6.07 Å². The molecule has 0 fully saturated rings. The molecule has 0 radical (unpaired) electrons. The first-order valence-electron chi connectivity index (χ1n) is 4.53. The van der Waals surface area contributed by atoms with E-state index in [0.717, 1.165) is 25.1 Å². The second-order valence-electron chi connectivity index (χ2n) is 3.61. The van der Waals surface area contributed by atoms with Crippen molar-refractivity contribution in [3.05, 3.63) is 29.6 Å². The molecule has 0 saturated carbocycles. The lowest BCUT2D eigenvalue weighted by molar-refractivity contribution is -0.193. The second kappa shape index (κ2) is 3.93. The molecule has 6 heteroatoms. The highest BCUT2D eigenvalue weighted by atomic mass is 19.4. The molecule has 1 atom stereocenters. The van der Waals surface area contributed by atoms with Crippen molar-refractivity contribution < 1.29 is 17.6 Å². The quantitative estimate of drug-likeness (QED) is 0.611. The standard InChI is InChI=1S/C10H12F4N2/c1-9(16-2,10(12,13)14)6-3-4-7(11)8(15)5-6/h3-5,16H,15H2,1-2H3. The average molecular weight is 236 g/mol. The first kappa shape index (κ1) is 12.8. The third kappa shape index (κ3) is 1.97. The van der Waals surface area contributed by atoms with Crippen LogP contribution in [0.25, 0.3) is 0 Å². The lowest BCUT2D eigenvalue weighted by Gasteiger charge is -2.32. The second-order valence-corrected chi connectivity index (χ2v) is 3.61. The van der Waals surface area contributed by atoms with Crippen LogP contribution in [-0.4, -0.2) is 13.2 Å². The van der Waals surface area contributed by atoms with E-state index in [2.05, 4.69) is 5.32 Å². The minimum Gasteiger partial charge on any atom is -0.396 e. The fourth-order valence-electron chi connectivity index (χ4n) is 1.30. The molecule has 16 heavy (non-hydrogen) atoms. The van der Waals surface area contributed by atoms with Crippen LogP contribution in [-0.2, 0) is 5.54 Å². The lowest BCUT2D eigenvalue weighted by Crippen LogP contribution is -2.49. The fraction of sp³-hybridized carbons (Fsp3) is 0.400. The van der Waals surface area contributed by atoms with Gasteiger partial charge in [0, 0.05) is 0 Å². The number of nitrogens with two attached hydrogens (primary N) is 1. The van der Waals surface area contributed by atoms with Crippen molar-refractivity contribution in [2.75, 3.05) is 12.8 Å². The largest absolute Gasteiger partial charge is 0.410 e. The molecule has 1 aromatic rings. The number of hydrogen-bond donors (Lipinski definition) is 2. The van der Waals surface area contributed by atoms with Gasteiger partial charge in [0.05, 0.1) is 5.69 Å². The van der Waals surface area contributed by atoms with Crippen LogP contribution in [0, 0.1) is 5.82 Å². The molecule has 0 spiro atoms. The van der Waals surface area contributed by atoms with Crippen molar-refractivity contribution in [3.8, 4) is 0 Å². The summed E-state index contributed by atoms with van der Waals surface area (Å²) < 4.78 is 51.3. The van der Waals surface area contributed by atoms with Crippen LogP contribution < -0.4 is 11.1 Å². The Morgan fingerprint density at radius 1 is 1.25 bits per heavy atom. The highest BCUT2D eigenvalue weighted by molar-refractivity contribution is 5.45. The third-order valence-corrected chi connectivity index (χ3v) is 2.64. The van der Waals surface area contributed by atoms with E-state index in [1.54, 1.807) is 0 Å². The summed E-state index contributed by atoms with van der Waals surface area (Å²) in [5.74, 6) is -0.732. The number of rotatable bonds is 2. The third-order valence-electron chi connectivity index (χ3n) is 2.64. The zero-order valence-corrected chi connectivity index (χ0v) is 8.82. The Balaban J connectivity index is 3.29. The molecule has 0 aliphatic rings. The van der Waals surface area contributed by atoms with Crippen LogP contribution in [0.1, 0.15) is 12.5 Å². The van der Waals surface area contributed by atoms with Gasteiger partial charge in [-0.05, 0) is 31.7 Å². The van der Waals surface area contributed by atoms with E-state index in [-0.39, 0.29) is 11.3 Å². The predicted octanol–water partition coefficient (Wildman–Crippen LogP) is 2.40. The van der Waals surface area contributed by atoms with Gasteiger partial charge in [0.25, 0.3) is 0 Å². The first-order chi connectivity index (χ1) is 7.22. The first-order valence-corrected chi connectivity index (χ1v) is 4.53. The summed E-state index contributed by atoms with van der Waals surface area (Å²) in [6.45, 7) is 0.972. The predicted molar refractivity (Wildman–Crippen MR) is 53.3 cm³/mol. The fourth-order valence-corrected chi connectivity index (χ4v) is 1.30. The maximum Gasteiger partial charge on any atom is 0.410 e. The summed E-state index contributed by atoms with van der Waals surface area (Å²) in [7, 11) is 1.19. The van der Waals surface area contributed by atoms with Crippen molar-refractivity contribution in [2.24, 2.45) is 0 Å². The van der Waals surface area contributed by atoms with Gasteiger partial charge in [-0.25, -0.2) is 4.39 Å². The Hall–Kier alpha value is -1.30. The monoisotopic (exact) mass is 236 g/mol. The molecular formula is C10H12F4N2. The summed E-state index contributed by atoms with van der Waals surface area (Å²) in [5.41, 5.74) is 2.58. The molecule has 1 unspecified atom stereocenters. The van der Waals surface area contributed by atoms with E-state index in [4.69, 9.17) is 5.73 Å². The molecule has 0 heterocycles. The number of halogens is 4. The zero-order chi connectivity index (χ0) is 12.6. The van der Waals surface area contributed by atoms with Crippen molar-refractivity contribution in [2.45, 2.75) is 18.6 Å². The molecular weight excluding hydrogens is 224 g/mol. The molecule has 0 aliphatic heterocycles. The normalized spacial score (nSPS) is 15.9. The summed E-state index contributed by atoms with van der Waals surface area (Å²) in [4.78, 5) is 0. The average Bonchev–Trinajstić information content (AvgIpc) is 2.19. The number of nitrogen functional groups attached to an aromatic ring is 1. The van der Waals surface area contributed by atoms with Gasteiger partial charge in [-0.3, -0.25) is 0 Å². The van der Waals surface area contributed by atoms with Gasteiger partial charge in [0.2, 0.25) is 0 Å². The van der Waals surface area contributed by atoms with E-state index < -0.39 is 17.5 Å². The Bertz CT molecular complexity index is 389. The van der Waals surface area contributed by atoms with Gasteiger partial charge in [0.15, 0.2) is 0 Å². The molecule has 0 bridgehead atoms. The molecule has 1 aromatic carbocycles. The van der Waals surface area contributed by atoms with Crippen molar-refractivity contribution >= 4 is 5.69 Å². The smallest absolute Gasteiger partial charge is 0.396 e. The number of anilines is 1. The molecule has 0 aromatic heterocycles. The topological polar surface area (TPSA) is 38.0 Å². The Morgan fingerprint density at radius 2 is 1.81 bits per heavy atom. The molecule has 90 valence electrons. The van der Waals surface area contributed by atoms with Gasteiger partial charge in [-0.2, -0.15) is 13.2 Å². The van der Waals surface area contributed by atoms with Gasteiger partial charge in [0.1, 0.15) is 11.4 Å². The van der Waals surface area contributed by atoms with E-state index in [1.807, 2.05) is 0 Å². The van der Waals surface area contributed by atoms with E-state index >= 15 is 0 Å². The maximum absolute atomic E-state index is 12.9. The summed E-state index contributed by atoms with van der Waals surface area (Å²) in [5, 5.41) is 2.18. The van der Waals surface area contributed by atoms with Crippen molar-refractivity contribution in [1.29, 1.82) is 0 Å². The van der Waals surface area contributed by atoms with Crippen molar-refractivity contribution in [3.63, 3.8) is 0 Å². The SMILES string of the molecule is CNC(C)(c1ccc(F)c(N)c1)C(F)(F)F. The highest BCUT2D eigenvalue weighted by Gasteiger charge is 2.51. The molecule has 0 amide bonds. The molecule has 0 saturated heterocycles. The Labute approximate surface area is 90.4 Å². The van der Waals surface area contributed by atoms with Crippen LogP contribution in [0.2, 0.25) is 0 Å². The van der Waals surface area contributed by atoms with Crippen LogP contribution in [0.15, 0.2) is 18.2 Å². The number of benzene rings is 1. The van der Waals surface area contributed by atoms with Crippen LogP contribution in [0.3, 0.4) is 0 Å². The Morgan fingerprint density at radius 3 is 2.19 bits per heavy atom.